The first-order valence-electron chi connectivity index (χ1n) is 10.6. The highest BCUT2D eigenvalue weighted by Gasteiger charge is 2.44. The van der Waals surface area contributed by atoms with Crippen molar-refractivity contribution in [1.82, 2.24) is 0 Å². The van der Waals surface area contributed by atoms with E-state index in [1.165, 1.54) is 0 Å². The third-order valence-electron chi connectivity index (χ3n) is 5.12. The van der Waals surface area contributed by atoms with E-state index in [4.69, 9.17) is 32.0 Å². The molecule has 0 spiro atoms. The molecule has 3 rings (SSSR count). The van der Waals surface area contributed by atoms with Crippen LogP contribution in [0.4, 0.5) is 0 Å². The molecule has 2 aromatic rings. The van der Waals surface area contributed by atoms with Gasteiger partial charge in [0, 0.05) is 5.02 Å². The number of nitrogens with zero attached hydrogens (tertiary/aromatic N) is 1. The van der Waals surface area contributed by atoms with Gasteiger partial charge in [-0.2, -0.15) is 0 Å². The van der Waals surface area contributed by atoms with E-state index < -0.39 is 37.1 Å². The number of amidine groups is 1. The Balaban J connectivity index is 0.00000187. The second-order valence-electron chi connectivity index (χ2n) is 7.30. The summed E-state index contributed by atoms with van der Waals surface area (Å²) in [5, 5.41) is 51.7. The molecule has 7 N–H and O–H groups in total. The Kier molecular flexibility index (Phi) is 10.4. The zero-order valence-corrected chi connectivity index (χ0v) is 19.3. The molecule has 0 radical (unpaired) electrons. The number of oxime groups is 1. The Hall–Kier alpha value is -2.40. The Morgan fingerprint density at radius 2 is 1.73 bits per heavy atom. The van der Waals surface area contributed by atoms with E-state index in [-0.39, 0.29) is 12.4 Å². The normalized spacial score (nSPS) is 25.2. The van der Waals surface area contributed by atoms with Crippen molar-refractivity contribution in [2.45, 2.75) is 50.8 Å². The molecule has 182 valence electrons. The first-order chi connectivity index (χ1) is 15.8. The van der Waals surface area contributed by atoms with Gasteiger partial charge in [0.1, 0.15) is 42.9 Å². The van der Waals surface area contributed by atoms with Crippen molar-refractivity contribution in [1.29, 1.82) is 0 Å². The molecule has 9 nitrogen and oxygen atoms in total. The number of aliphatic hydroxyl groups is 4. The van der Waals surface area contributed by atoms with Gasteiger partial charge in [0.2, 0.25) is 0 Å². The monoisotopic (exact) mass is 482 g/mol. The van der Waals surface area contributed by atoms with E-state index in [0.29, 0.717) is 22.8 Å². The van der Waals surface area contributed by atoms with Crippen LogP contribution >= 0.6 is 11.6 Å². The fraction of sp³-hybridized carbons (Fsp3) is 0.435. The van der Waals surface area contributed by atoms with Crippen molar-refractivity contribution in [3.8, 4) is 5.75 Å². The van der Waals surface area contributed by atoms with Crippen molar-refractivity contribution < 1.29 is 35.1 Å². The highest BCUT2D eigenvalue weighted by Crippen LogP contribution is 2.34. The highest BCUT2D eigenvalue weighted by atomic mass is 35.5. The number of benzene rings is 2. The van der Waals surface area contributed by atoms with Gasteiger partial charge in [-0.25, -0.2) is 0 Å². The molecule has 5 atom stereocenters. The van der Waals surface area contributed by atoms with Crippen LogP contribution in [0.25, 0.3) is 0 Å². The lowest BCUT2D eigenvalue weighted by molar-refractivity contribution is -0.231. The standard InChI is InChI=1S/C21H25ClN2O7.C2H6/c22-15-6-3-12(21-20(28)19(27)18(26)16(9-25)31-21)8-13(15)7-11-1-4-14(5-2-11)30-10-17(23)24-29;1-2/h1-6,8,16,18-21,25-29H,7,9-10H2,(H2,23,24);1-2H3/t16?,18-,19?,20-,21?;/m1./s1. The van der Waals surface area contributed by atoms with E-state index >= 15 is 0 Å². The Morgan fingerprint density at radius 1 is 1.06 bits per heavy atom. The van der Waals surface area contributed by atoms with Gasteiger partial charge in [-0.05, 0) is 41.3 Å². The predicted molar refractivity (Wildman–Crippen MR) is 124 cm³/mol. The van der Waals surface area contributed by atoms with Crippen LogP contribution in [0.3, 0.4) is 0 Å². The average Bonchev–Trinajstić information content (AvgIpc) is 2.85. The fourth-order valence-electron chi connectivity index (χ4n) is 3.39. The second kappa shape index (κ2) is 12.7. The summed E-state index contributed by atoms with van der Waals surface area (Å²) in [6.07, 6.45) is -5.67. The number of hydrogen-bond donors (Lipinski definition) is 6. The molecular weight excluding hydrogens is 452 g/mol. The zero-order valence-electron chi connectivity index (χ0n) is 18.5. The topological polar surface area (TPSA) is 158 Å². The molecule has 0 bridgehead atoms. The first kappa shape index (κ1) is 26.8. The number of ether oxygens (including phenoxy) is 2. The van der Waals surface area contributed by atoms with Gasteiger partial charge in [-0.1, -0.05) is 54.9 Å². The predicted octanol–water partition coefficient (Wildman–Crippen LogP) is 1.60. The summed E-state index contributed by atoms with van der Waals surface area (Å²) < 4.78 is 11.0. The molecule has 0 aliphatic carbocycles. The quantitative estimate of drug-likeness (QED) is 0.150. The summed E-state index contributed by atoms with van der Waals surface area (Å²) in [7, 11) is 0. The summed E-state index contributed by atoms with van der Waals surface area (Å²) >= 11 is 6.35. The van der Waals surface area contributed by atoms with Crippen LogP contribution in [0.15, 0.2) is 47.6 Å². The van der Waals surface area contributed by atoms with Gasteiger partial charge in [0.15, 0.2) is 5.84 Å². The zero-order chi connectivity index (χ0) is 24.5. The van der Waals surface area contributed by atoms with Crippen molar-refractivity contribution in [3.63, 3.8) is 0 Å². The number of nitrogens with two attached hydrogens (primary N) is 1. The van der Waals surface area contributed by atoms with Crippen molar-refractivity contribution >= 4 is 17.4 Å². The maximum atomic E-state index is 10.4. The number of aliphatic hydroxyl groups excluding tert-OH is 4. The molecule has 33 heavy (non-hydrogen) atoms. The number of rotatable bonds is 7. The lowest BCUT2D eigenvalue weighted by Crippen LogP contribution is -2.55. The van der Waals surface area contributed by atoms with Crippen LogP contribution in [0.5, 0.6) is 5.75 Å². The molecule has 1 fully saturated rings. The average molecular weight is 483 g/mol. The SMILES string of the molecule is CC.N/C(COc1ccc(Cc2cc(C3OC(CO)[C@@H](O)C(O)[C@H]3O)ccc2Cl)cc1)=N\O. The van der Waals surface area contributed by atoms with Gasteiger partial charge in [0.25, 0.3) is 0 Å². The van der Waals surface area contributed by atoms with Gasteiger partial charge in [-0.3, -0.25) is 0 Å². The Bertz CT molecular complexity index is 908. The van der Waals surface area contributed by atoms with Gasteiger partial charge >= 0.3 is 0 Å². The van der Waals surface area contributed by atoms with Crippen LogP contribution in [-0.4, -0.2) is 69.1 Å². The molecule has 2 aromatic carbocycles. The maximum Gasteiger partial charge on any atom is 0.177 e. The van der Waals surface area contributed by atoms with E-state index in [2.05, 4.69) is 5.16 Å². The largest absolute Gasteiger partial charge is 0.486 e. The summed E-state index contributed by atoms with van der Waals surface area (Å²) in [6, 6.07) is 12.3. The van der Waals surface area contributed by atoms with Gasteiger partial charge in [-0.15, -0.1) is 0 Å². The van der Waals surface area contributed by atoms with Crippen molar-refractivity contribution in [2.75, 3.05) is 13.2 Å². The smallest absolute Gasteiger partial charge is 0.177 e. The van der Waals surface area contributed by atoms with Crippen LogP contribution in [0.1, 0.15) is 36.6 Å². The van der Waals surface area contributed by atoms with E-state index in [9.17, 15) is 20.4 Å². The Morgan fingerprint density at radius 3 is 2.33 bits per heavy atom. The third-order valence-corrected chi connectivity index (χ3v) is 5.49. The van der Waals surface area contributed by atoms with E-state index in [1.807, 2.05) is 26.0 Å². The molecule has 3 unspecified atom stereocenters. The number of hydrogen-bond acceptors (Lipinski definition) is 8. The van der Waals surface area contributed by atoms with E-state index in [0.717, 1.165) is 11.1 Å². The number of halogens is 1. The highest BCUT2D eigenvalue weighted by molar-refractivity contribution is 6.31. The molecule has 1 aliphatic heterocycles. The fourth-order valence-corrected chi connectivity index (χ4v) is 3.58. The summed E-state index contributed by atoms with van der Waals surface area (Å²) in [5.74, 6) is 0.511. The van der Waals surface area contributed by atoms with Crippen molar-refractivity contribution in [2.24, 2.45) is 10.9 Å². The molecule has 1 heterocycles. The van der Waals surface area contributed by atoms with Gasteiger partial charge in [0.05, 0.1) is 6.61 Å². The lowest BCUT2D eigenvalue weighted by Gasteiger charge is -2.40. The molecule has 1 aliphatic rings. The minimum Gasteiger partial charge on any atom is -0.486 e. The second-order valence-corrected chi connectivity index (χ2v) is 7.71. The van der Waals surface area contributed by atoms with Gasteiger partial charge < -0.3 is 40.8 Å². The first-order valence-corrected chi connectivity index (χ1v) is 11.0. The lowest BCUT2D eigenvalue weighted by atomic mass is 9.90. The molecule has 0 saturated carbocycles. The minimum absolute atomic E-state index is 0.0389. The molecular formula is C23H31ClN2O7. The molecule has 0 amide bonds. The summed E-state index contributed by atoms with van der Waals surface area (Å²) in [4.78, 5) is 0. The molecule has 1 saturated heterocycles. The van der Waals surface area contributed by atoms with Crippen LogP contribution in [0, 0.1) is 0 Å². The maximum absolute atomic E-state index is 10.4. The molecule has 0 aromatic heterocycles. The van der Waals surface area contributed by atoms with Crippen LogP contribution in [0.2, 0.25) is 5.02 Å². The summed E-state index contributed by atoms with van der Waals surface area (Å²) in [5.41, 5.74) is 7.64. The third kappa shape index (κ3) is 6.80. The van der Waals surface area contributed by atoms with E-state index in [1.54, 1.807) is 30.3 Å². The van der Waals surface area contributed by atoms with Crippen molar-refractivity contribution in [3.05, 3.63) is 64.2 Å². The minimum atomic E-state index is -1.45. The van der Waals surface area contributed by atoms with Crippen LogP contribution < -0.4 is 10.5 Å². The van der Waals surface area contributed by atoms with Crippen LogP contribution in [-0.2, 0) is 11.2 Å². The summed E-state index contributed by atoms with van der Waals surface area (Å²) in [6.45, 7) is 3.47. The molecule has 10 heteroatoms. The Labute approximate surface area is 197 Å².